The van der Waals surface area contributed by atoms with Crippen molar-refractivity contribution in [3.05, 3.63) is 47.5 Å². The van der Waals surface area contributed by atoms with Gasteiger partial charge in [0.15, 0.2) is 11.5 Å². The Morgan fingerprint density at radius 1 is 0.897 bits per heavy atom. The average Bonchev–Trinajstić information content (AvgIpc) is 3.37. The molecule has 3 heterocycles. The molecule has 0 aliphatic carbocycles. The second-order valence-corrected chi connectivity index (χ2v) is 7.71. The summed E-state index contributed by atoms with van der Waals surface area (Å²) in [5.74, 6) is 2.42. The first-order valence-electron chi connectivity index (χ1n) is 10.1. The number of anilines is 1. The lowest BCUT2D eigenvalue weighted by Gasteiger charge is -2.34. The van der Waals surface area contributed by atoms with Gasteiger partial charge in [0.1, 0.15) is 5.75 Å². The zero-order chi connectivity index (χ0) is 19.6. The summed E-state index contributed by atoms with van der Waals surface area (Å²) in [7, 11) is 0. The maximum atomic E-state index is 12.4. The minimum atomic E-state index is -0.00376. The van der Waals surface area contributed by atoms with Crippen LogP contribution in [0.5, 0.6) is 17.2 Å². The summed E-state index contributed by atoms with van der Waals surface area (Å²) in [6.07, 6.45) is 1.01. The van der Waals surface area contributed by atoms with Gasteiger partial charge >= 0.3 is 0 Å². The molecule has 0 bridgehead atoms. The van der Waals surface area contributed by atoms with Crippen LogP contribution in [0, 0.1) is 0 Å². The van der Waals surface area contributed by atoms with Gasteiger partial charge in [0.2, 0.25) is 12.7 Å². The van der Waals surface area contributed by atoms with E-state index in [4.69, 9.17) is 14.2 Å². The number of hydrogen-bond acceptors (Lipinski definition) is 6. The van der Waals surface area contributed by atoms with Crippen molar-refractivity contribution in [2.45, 2.75) is 13.0 Å². The number of hydrogen-bond donors (Lipinski definition) is 1. The molecule has 29 heavy (non-hydrogen) atoms. The van der Waals surface area contributed by atoms with Gasteiger partial charge in [-0.2, -0.15) is 0 Å². The van der Waals surface area contributed by atoms with Gasteiger partial charge in [-0.25, -0.2) is 0 Å². The Labute approximate surface area is 170 Å². The zero-order valence-corrected chi connectivity index (χ0v) is 16.4. The molecule has 7 heteroatoms. The van der Waals surface area contributed by atoms with Crippen LogP contribution in [0.2, 0.25) is 0 Å². The van der Waals surface area contributed by atoms with Crippen molar-refractivity contribution in [1.29, 1.82) is 0 Å². The number of carbonyl (C=O) groups is 1. The van der Waals surface area contributed by atoms with Crippen LogP contribution in [0.3, 0.4) is 0 Å². The van der Waals surface area contributed by atoms with Crippen molar-refractivity contribution in [3.8, 4) is 17.2 Å². The van der Waals surface area contributed by atoms with Crippen LogP contribution in [0.25, 0.3) is 0 Å². The Morgan fingerprint density at radius 2 is 1.69 bits per heavy atom. The molecular weight excluding hydrogens is 370 g/mol. The molecule has 2 aromatic carbocycles. The van der Waals surface area contributed by atoms with Crippen LogP contribution in [0.4, 0.5) is 5.69 Å². The molecule has 1 amide bonds. The summed E-state index contributed by atoms with van der Waals surface area (Å²) < 4.78 is 16.2. The van der Waals surface area contributed by atoms with E-state index < -0.39 is 0 Å². The fraction of sp³-hybridized carbons (Fsp3) is 0.409. The largest absolute Gasteiger partial charge is 0.493 e. The number of ether oxygens (including phenoxy) is 3. The van der Waals surface area contributed by atoms with Gasteiger partial charge in [-0.1, -0.05) is 12.1 Å². The highest BCUT2D eigenvalue weighted by Crippen LogP contribution is 2.34. The minimum Gasteiger partial charge on any atom is -0.493 e. The lowest BCUT2D eigenvalue weighted by atomic mass is 10.1. The van der Waals surface area contributed by atoms with Gasteiger partial charge in [0.25, 0.3) is 0 Å². The summed E-state index contributed by atoms with van der Waals surface area (Å²) in [5, 5.41) is 2.95. The Morgan fingerprint density at radius 3 is 2.59 bits per heavy atom. The lowest BCUT2D eigenvalue weighted by Crippen LogP contribution is -2.48. The van der Waals surface area contributed by atoms with Crippen molar-refractivity contribution < 1.29 is 19.0 Å². The number of amides is 1. The molecule has 3 aliphatic heterocycles. The van der Waals surface area contributed by atoms with Crippen LogP contribution < -0.4 is 19.5 Å². The molecule has 7 nitrogen and oxygen atoms in total. The average molecular weight is 395 g/mol. The predicted molar refractivity (Wildman–Crippen MR) is 109 cm³/mol. The summed E-state index contributed by atoms with van der Waals surface area (Å²) in [4.78, 5) is 17.1. The lowest BCUT2D eigenvalue weighted by molar-refractivity contribution is -0.117. The molecule has 0 unspecified atom stereocenters. The standard InChI is InChI=1S/C22H25N3O4/c26-22(23-18-2-4-20-21(12-18)29-15-28-20)14-25-8-6-24(7-9-25)13-16-1-3-19-17(11-16)5-10-27-19/h1-4,11-12H,5-10,13-15H2,(H,23,26). The normalized spacial score (nSPS) is 18.3. The Kier molecular flexibility index (Phi) is 4.99. The van der Waals surface area contributed by atoms with Crippen molar-refractivity contribution in [3.63, 3.8) is 0 Å². The van der Waals surface area contributed by atoms with Gasteiger partial charge < -0.3 is 19.5 Å². The minimum absolute atomic E-state index is 0.00376. The SMILES string of the molecule is O=C(CN1CCN(Cc2ccc3c(c2)CCO3)CC1)Nc1ccc2c(c1)OCO2. The Hall–Kier alpha value is -2.77. The van der Waals surface area contributed by atoms with Gasteiger partial charge in [0, 0.05) is 50.9 Å². The van der Waals surface area contributed by atoms with Crippen LogP contribution >= 0.6 is 0 Å². The predicted octanol–water partition coefficient (Wildman–Crippen LogP) is 2.11. The maximum absolute atomic E-state index is 12.4. The van der Waals surface area contributed by atoms with Crippen LogP contribution in [-0.2, 0) is 17.8 Å². The third kappa shape index (κ3) is 4.16. The third-order valence-electron chi connectivity index (χ3n) is 5.65. The maximum Gasteiger partial charge on any atom is 0.238 e. The molecule has 2 aromatic rings. The first kappa shape index (κ1) is 18.3. The molecule has 5 rings (SSSR count). The molecule has 0 atom stereocenters. The van der Waals surface area contributed by atoms with Crippen LogP contribution in [-0.4, -0.2) is 61.8 Å². The Balaban J connectivity index is 1.09. The van der Waals surface area contributed by atoms with E-state index in [1.165, 1.54) is 11.1 Å². The molecule has 0 radical (unpaired) electrons. The van der Waals surface area contributed by atoms with E-state index in [-0.39, 0.29) is 12.7 Å². The molecule has 0 aromatic heterocycles. The molecule has 3 aliphatic rings. The van der Waals surface area contributed by atoms with Gasteiger partial charge in [-0.3, -0.25) is 14.6 Å². The molecule has 1 saturated heterocycles. The fourth-order valence-corrected chi connectivity index (χ4v) is 4.08. The van der Waals surface area contributed by atoms with Crippen molar-refractivity contribution >= 4 is 11.6 Å². The molecule has 0 saturated carbocycles. The number of fused-ring (bicyclic) bond motifs is 2. The summed E-state index contributed by atoms with van der Waals surface area (Å²) in [6.45, 7) is 6.09. The zero-order valence-electron chi connectivity index (χ0n) is 16.4. The highest BCUT2D eigenvalue weighted by molar-refractivity contribution is 5.92. The summed E-state index contributed by atoms with van der Waals surface area (Å²) >= 11 is 0. The highest BCUT2D eigenvalue weighted by Gasteiger charge is 2.21. The second kappa shape index (κ2) is 7.93. The van der Waals surface area contributed by atoms with E-state index in [2.05, 4.69) is 33.3 Å². The number of benzene rings is 2. The number of nitrogens with one attached hydrogen (secondary N) is 1. The summed E-state index contributed by atoms with van der Waals surface area (Å²) in [6, 6.07) is 12.0. The van der Waals surface area contributed by atoms with E-state index in [0.29, 0.717) is 12.3 Å². The van der Waals surface area contributed by atoms with E-state index in [9.17, 15) is 4.79 Å². The number of piperazine rings is 1. The smallest absolute Gasteiger partial charge is 0.238 e. The number of carbonyl (C=O) groups excluding carboxylic acids is 1. The molecular formula is C22H25N3O4. The third-order valence-corrected chi connectivity index (χ3v) is 5.65. The molecule has 1 N–H and O–H groups in total. The second-order valence-electron chi connectivity index (χ2n) is 7.71. The van der Waals surface area contributed by atoms with Crippen molar-refractivity contribution in [2.24, 2.45) is 0 Å². The topological polar surface area (TPSA) is 63.3 Å². The fourth-order valence-electron chi connectivity index (χ4n) is 4.08. The Bertz CT molecular complexity index is 909. The first-order chi connectivity index (χ1) is 14.2. The first-order valence-corrected chi connectivity index (χ1v) is 10.1. The quantitative estimate of drug-likeness (QED) is 0.837. The van der Waals surface area contributed by atoms with Gasteiger partial charge in [-0.05, 0) is 29.3 Å². The van der Waals surface area contributed by atoms with Crippen molar-refractivity contribution in [2.75, 3.05) is 51.4 Å². The van der Waals surface area contributed by atoms with E-state index >= 15 is 0 Å². The van der Waals surface area contributed by atoms with E-state index in [0.717, 1.165) is 62.9 Å². The molecule has 1 fully saturated rings. The van der Waals surface area contributed by atoms with Crippen LogP contribution in [0.15, 0.2) is 36.4 Å². The van der Waals surface area contributed by atoms with Gasteiger partial charge in [-0.15, -0.1) is 0 Å². The molecule has 152 valence electrons. The van der Waals surface area contributed by atoms with Gasteiger partial charge in [0.05, 0.1) is 13.2 Å². The van der Waals surface area contributed by atoms with E-state index in [1.54, 1.807) is 6.07 Å². The highest BCUT2D eigenvalue weighted by atomic mass is 16.7. The monoisotopic (exact) mass is 395 g/mol. The number of nitrogens with zero attached hydrogens (tertiary/aromatic N) is 2. The summed E-state index contributed by atoms with van der Waals surface area (Å²) in [5.41, 5.74) is 3.39. The van der Waals surface area contributed by atoms with Crippen LogP contribution in [0.1, 0.15) is 11.1 Å². The van der Waals surface area contributed by atoms with Crippen molar-refractivity contribution in [1.82, 2.24) is 9.80 Å². The number of rotatable bonds is 5. The molecule has 0 spiro atoms. The van der Waals surface area contributed by atoms with E-state index in [1.807, 2.05) is 12.1 Å².